The van der Waals surface area contributed by atoms with Crippen molar-refractivity contribution in [1.29, 1.82) is 0 Å². The molecule has 0 aromatic heterocycles. The molecule has 1 aliphatic rings. The molecule has 1 atom stereocenters. The van der Waals surface area contributed by atoms with E-state index in [0.29, 0.717) is 13.0 Å². The lowest BCUT2D eigenvalue weighted by Crippen LogP contribution is -2.44. The maximum Gasteiger partial charge on any atom is 0.305 e. The number of carbonyl (C=O) groups excluding carboxylic acids is 1. The Morgan fingerprint density at radius 2 is 2.10 bits per heavy atom. The first-order chi connectivity index (χ1) is 9.49. The summed E-state index contributed by atoms with van der Waals surface area (Å²) in [4.78, 5) is 25.0. The molecule has 0 aliphatic carbocycles. The number of hydrogen-bond donors (Lipinski definition) is 2. The number of likely N-dealkylation sites (tertiary alicyclic amines) is 1. The minimum absolute atomic E-state index is 0.0452. The van der Waals surface area contributed by atoms with Crippen LogP contribution in [-0.2, 0) is 4.79 Å². The summed E-state index contributed by atoms with van der Waals surface area (Å²) >= 11 is 2.08. The topological polar surface area (TPSA) is 77.8 Å². The predicted molar refractivity (Wildman–Crippen MR) is 81.8 cm³/mol. The average molecular weight is 389 g/mol. The lowest BCUT2D eigenvalue weighted by molar-refractivity contribution is -0.138. The van der Waals surface area contributed by atoms with Gasteiger partial charge in [0.15, 0.2) is 0 Å². The van der Waals surface area contributed by atoms with Gasteiger partial charge >= 0.3 is 5.97 Å². The Kier molecular flexibility index (Phi) is 4.85. The van der Waals surface area contributed by atoms with Gasteiger partial charge in [-0.25, -0.2) is 0 Å². The van der Waals surface area contributed by atoms with E-state index < -0.39 is 5.97 Å². The molecule has 5 nitrogen and oxygen atoms in total. The first-order valence-corrected chi connectivity index (χ1v) is 7.58. The number of carbonyl (C=O) groups is 2. The van der Waals surface area contributed by atoms with E-state index in [0.717, 1.165) is 16.4 Å². The summed E-state index contributed by atoms with van der Waals surface area (Å²) in [5.74, 6) is -1.25. The summed E-state index contributed by atoms with van der Waals surface area (Å²) in [6, 6.07) is 4.55. The van der Waals surface area contributed by atoms with Crippen molar-refractivity contribution in [3.05, 3.63) is 27.3 Å². The van der Waals surface area contributed by atoms with Gasteiger partial charge in [0.25, 0.3) is 5.91 Å². The van der Waals surface area contributed by atoms with Gasteiger partial charge in [-0.1, -0.05) is 0 Å². The number of aromatic hydroxyl groups is 1. The Labute approximate surface area is 130 Å². The van der Waals surface area contributed by atoms with E-state index in [9.17, 15) is 14.7 Å². The lowest BCUT2D eigenvalue weighted by Gasteiger charge is -2.35. The molecule has 108 valence electrons. The van der Waals surface area contributed by atoms with Crippen molar-refractivity contribution in [2.24, 2.45) is 0 Å². The Morgan fingerprint density at radius 3 is 2.80 bits per heavy atom. The summed E-state index contributed by atoms with van der Waals surface area (Å²) in [6.45, 7) is 0.543. The Hall–Kier alpha value is -1.31. The number of carboxylic acid groups (broad SMARTS) is 1. The zero-order chi connectivity index (χ0) is 14.7. The van der Waals surface area contributed by atoms with Crippen LogP contribution in [0.4, 0.5) is 0 Å². The van der Waals surface area contributed by atoms with E-state index in [1.54, 1.807) is 17.0 Å². The molecule has 1 fully saturated rings. The third-order valence-corrected chi connectivity index (χ3v) is 4.16. The van der Waals surface area contributed by atoms with Crippen molar-refractivity contribution >= 4 is 34.5 Å². The molecule has 1 unspecified atom stereocenters. The number of benzene rings is 1. The lowest BCUT2D eigenvalue weighted by atomic mass is 9.98. The van der Waals surface area contributed by atoms with Crippen LogP contribution in [0.15, 0.2) is 18.2 Å². The smallest absolute Gasteiger partial charge is 0.305 e. The maximum absolute atomic E-state index is 12.5. The highest BCUT2D eigenvalue weighted by atomic mass is 127. The summed E-state index contributed by atoms with van der Waals surface area (Å²) in [7, 11) is 0. The van der Waals surface area contributed by atoms with Crippen LogP contribution < -0.4 is 0 Å². The number of amides is 1. The largest absolute Gasteiger partial charge is 0.507 e. The number of carboxylic acids is 1. The van der Waals surface area contributed by atoms with Crippen molar-refractivity contribution < 1.29 is 19.8 Å². The third kappa shape index (κ3) is 3.41. The molecule has 1 saturated heterocycles. The maximum atomic E-state index is 12.5. The fourth-order valence-corrected chi connectivity index (χ4v) is 3.01. The summed E-state index contributed by atoms with van der Waals surface area (Å²) < 4.78 is 0.857. The van der Waals surface area contributed by atoms with Crippen LogP contribution in [0.2, 0.25) is 0 Å². The fourth-order valence-electron chi connectivity index (χ4n) is 2.52. The highest BCUT2D eigenvalue weighted by Gasteiger charge is 2.30. The molecule has 2 N–H and O–H groups in total. The van der Waals surface area contributed by atoms with Gasteiger partial charge in [-0.15, -0.1) is 0 Å². The average Bonchev–Trinajstić information content (AvgIpc) is 2.41. The molecule has 20 heavy (non-hydrogen) atoms. The van der Waals surface area contributed by atoms with E-state index in [1.807, 2.05) is 0 Å². The summed E-state index contributed by atoms with van der Waals surface area (Å²) in [5.41, 5.74) is 0.245. The highest BCUT2D eigenvalue weighted by Crippen LogP contribution is 2.26. The molecular weight excluding hydrogens is 373 g/mol. The summed E-state index contributed by atoms with van der Waals surface area (Å²) in [5, 5.41) is 18.8. The molecule has 1 heterocycles. The Balaban J connectivity index is 2.25. The van der Waals surface area contributed by atoms with Gasteiger partial charge in [-0.2, -0.15) is 0 Å². The van der Waals surface area contributed by atoms with Gasteiger partial charge in [0, 0.05) is 16.2 Å². The number of halogens is 1. The molecule has 0 radical (unpaired) electrons. The molecule has 1 aliphatic heterocycles. The minimum atomic E-state index is -0.901. The second-order valence-corrected chi connectivity index (χ2v) is 6.15. The quantitative estimate of drug-likeness (QED) is 0.779. The van der Waals surface area contributed by atoms with Gasteiger partial charge in [0.1, 0.15) is 5.75 Å². The molecule has 1 aromatic carbocycles. The monoisotopic (exact) mass is 389 g/mol. The van der Waals surface area contributed by atoms with Crippen LogP contribution in [0.3, 0.4) is 0 Å². The second-order valence-electron chi connectivity index (χ2n) is 4.91. The van der Waals surface area contributed by atoms with Crippen molar-refractivity contribution in [1.82, 2.24) is 4.90 Å². The van der Waals surface area contributed by atoms with Crippen LogP contribution in [0.5, 0.6) is 5.75 Å². The highest BCUT2D eigenvalue weighted by molar-refractivity contribution is 14.1. The number of piperidine rings is 1. The molecule has 0 saturated carbocycles. The minimum Gasteiger partial charge on any atom is -0.507 e. The fraction of sp³-hybridized carbons (Fsp3) is 0.429. The zero-order valence-corrected chi connectivity index (χ0v) is 13.0. The van der Waals surface area contributed by atoms with Crippen LogP contribution in [0, 0.1) is 3.57 Å². The van der Waals surface area contributed by atoms with Gasteiger partial charge in [0.05, 0.1) is 12.0 Å². The van der Waals surface area contributed by atoms with Gasteiger partial charge in [0.2, 0.25) is 0 Å². The second kappa shape index (κ2) is 6.43. The van der Waals surface area contributed by atoms with Crippen molar-refractivity contribution in [2.45, 2.75) is 31.7 Å². The first kappa shape index (κ1) is 15.1. The molecular formula is C14H16INO4. The van der Waals surface area contributed by atoms with E-state index in [4.69, 9.17) is 5.11 Å². The molecule has 0 spiro atoms. The number of aliphatic carboxylic acids is 1. The first-order valence-electron chi connectivity index (χ1n) is 6.50. The SMILES string of the molecule is O=C(O)CC1CCCCN1C(=O)c1cc(I)ccc1O. The third-order valence-electron chi connectivity index (χ3n) is 3.49. The molecule has 0 bridgehead atoms. The molecule has 1 aromatic rings. The van der Waals surface area contributed by atoms with Gasteiger partial charge in [-0.3, -0.25) is 9.59 Å². The van der Waals surface area contributed by atoms with E-state index >= 15 is 0 Å². The van der Waals surface area contributed by atoms with Gasteiger partial charge < -0.3 is 15.1 Å². The van der Waals surface area contributed by atoms with E-state index in [-0.39, 0.29) is 29.7 Å². The van der Waals surface area contributed by atoms with Crippen molar-refractivity contribution in [3.8, 4) is 5.75 Å². The summed E-state index contributed by atoms with van der Waals surface area (Å²) in [6.07, 6.45) is 2.45. The number of rotatable bonds is 3. The van der Waals surface area contributed by atoms with E-state index in [1.165, 1.54) is 6.07 Å². The molecule has 6 heteroatoms. The predicted octanol–water partition coefficient (Wildman–Crippen LogP) is 2.47. The van der Waals surface area contributed by atoms with Crippen LogP contribution >= 0.6 is 22.6 Å². The standard InChI is InChI=1S/C14H16INO4/c15-9-4-5-12(17)11(7-9)14(20)16-6-2-1-3-10(16)8-13(18)19/h4-5,7,10,17H,1-3,6,8H2,(H,18,19). The Bertz CT molecular complexity index is 532. The normalized spacial score (nSPS) is 18.9. The number of nitrogens with zero attached hydrogens (tertiary/aromatic N) is 1. The molecule has 2 rings (SSSR count). The van der Waals surface area contributed by atoms with E-state index in [2.05, 4.69) is 22.6 Å². The number of hydrogen-bond acceptors (Lipinski definition) is 3. The van der Waals surface area contributed by atoms with Crippen molar-refractivity contribution in [3.63, 3.8) is 0 Å². The van der Waals surface area contributed by atoms with Crippen molar-refractivity contribution in [2.75, 3.05) is 6.54 Å². The van der Waals surface area contributed by atoms with Crippen LogP contribution in [-0.4, -0.2) is 39.6 Å². The molecule has 1 amide bonds. The Morgan fingerprint density at radius 1 is 1.35 bits per heavy atom. The zero-order valence-electron chi connectivity index (χ0n) is 10.9. The van der Waals surface area contributed by atoms with Gasteiger partial charge in [-0.05, 0) is 60.1 Å². The van der Waals surface area contributed by atoms with Crippen LogP contribution in [0.25, 0.3) is 0 Å². The number of phenolic OH excluding ortho intramolecular Hbond substituents is 1. The van der Waals surface area contributed by atoms with Crippen LogP contribution in [0.1, 0.15) is 36.0 Å². The number of phenols is 1.